The van der Waals surface area contributed by atoms with Crippen molar-refractivity contribution in [3.8, 4) is 0 Å². The highest BCUT2D eigenvalue weighted by Crippen LogP contribution is 2.17. The lowest BCUT2D eigenvalue weighted by atomic mass is 10.2. The van der Waals surface area contributed by atoms with Gasteiger partial charge in [-0.05, 0) is 35.4 Å². The molecule has 0 radical (unpaired) electrons. The summed E-state index contributed by atoms with van der Waals surface area (Å²) in [4.78, 5) is 18.2. The van der Waals surface area contributed by atoms with Crippen LogP contribution in [-0.4, -0.2) is 26.0 Å². The number of carbonyl (C=O) groups excluding carboxylic acids is 1. The first-order valence-corrected chi connectivity index (χ1v) is 7.65. The summed E-state index contributed by atoms with van der Waals surface area (Å²) >= 11 is 0. The number of cyclic esters (lactones) is 1. The van der Waals surface area contributed by atoms with E-state index in [1.54, 1.807) is 12.2 Å². The second kappa shape index (κ2) is 6.96. The molecule has 120 valence electrons. The van der Waals surface area contributed by atoms with Crippen LogP contribution in [0, 0.1) is 0 Å². The van der Waals surface area contributed by atoms with E-state index in [-0.39, 0.29) is 0 Å². The Bertz CT molecular complexity index is 816. The lowest BCUT2D eigenvalue weighted by molar-refractivity contribution is -0.129. The molecule has 0 saturated heterocycles. The number of hydrogen-bond acceptors (Lipinski definition) is 4. The van der Waals surface area contributed by atoms with Crippen molar-refractivity contribution in [2.45, 2.75) is 0 Å². The zero-order valence-corrected chi connectivity index (χ0v) is 13.6. The molecule has 0 N–H and O–H groups in total. The summed E-state index contributed by atoms with van der Waals surface area (Å²) in [7, 11) is 4.00. The van der Waals surface area contributed by atoms with Crippen molar-refractivity contribution in [3.05, 3.63) is 77.5 Å². The zero-order valence-electron chi connectivity index (χ0n) is 13.6. The van der Waals surface area contributed by atoms with E-state index in [0.717, 1.165) is 16.8 Å². The van der Waals surface area contributed by atoms with E-state index in [2.05, 4.69) is 4.99 Å². The summed E-state index contributed by atoms with van der Waals surface area (Å²) in [5, 5.41) is 0. The van der Waals surface area contributed by atoms with Gasteiger partial charge in [-0.2, -0.15) is 0 Å². The molecule has 1 aliphatic heterocycles. The number of nitrogens with zero attached hydrogens (tertiary/aromatic N) is 2. The van der Waals surface area contributed by atoms with Crippen LogP contribution in [0.1, 0.15) is 11.1 Å². The number of esters is 1. The van der Waals surface area contributed by atoms with Crippen LogP contribution < -0.4 is 4.90 Å². The third-order valence-corrected chi connectivity index (χ3v) is 3.57. The quantitative estimate of drug-likeness (QED) is 0.637. The first-order chi connectivity index (χ1) is 11.6. The molecule has 0 amide bonds. The normalized spacial score (nSPS) is 15.7. The molecule has 24 heavy (non-hydrogen) atoms. The molecule has 2 aromatic rings. The second-order valence-electron chi connectivity index (χ2n) is 5.60. The largest absolute Gasteiger partial charge is 0.403 e. The highest BCUT2D eigenvalue weighted by molar-refractivity contribution is 6.11. The van der Waals surface area contributed by atoms with Gasteiger partial charge in [0.1, 0.15) is 0 Å². The fourth-order valence-corrected chi connectivity index (χ4v) is 2.26. The van der Waals surface area contributed by atoms with Gasteiger partial charge < -0.3 is 9.64 Å². The topological polar surface area (TPSA) is 41.9 Å². The third-order valence-electron chi connectivity index (χ3n) is 3.57. The monoisotopic (exact) mass is 318 g/mol. The van der Waals surface area contributed by atoms with Gasteiger partial charge in [-0.15, -0.1) is 0 Å². The minimum Gasteiger partial charge on any atom is -0.403 e. The molecule has 3 rings (SSSR count). The molecule has 1 heterocycles. The second-order valence-corrected chi connectivity index (χ2v) is 5.60. The Morgan fingerprint density at radius 1 is 0.917 bits per heavy atom. The summed E-state index contributed by atoms with van der Waals surface area (Å²) in [6.07, 6.45) is 5.29. The molecular formula is C20H18N2O2. The Balaban J connectivity index is 1.74. The molecule has 0 saturated carbocycles. The molecule has 4 heteroatoms. The molecule has 0 aromatic heterocycles. The summed E-state index contributed by atoms with van der Waals surface area (Å²) in [6, 6.07) is 17.6. The van der Waals surface area contributed by atoms with Crippen LogP contribution in [-0.2, 0) is 9.53 Å². The molecule has 0 unspecified atom stereocenters. The van der Waals surface area contributed by atoms with E-state index in [1.807, 2.05) is 79.7 Å². The maximum atomic E-state index is 11.9. The van der Waals surface area contributed by atoms with Gasteiger partial charge in [0.2, 0.25) is 5.90 Å². The smallest absolute Gasteiger partial charge is 0.363 e. The summed E-state index contributed by atoms with van der Waals surface area (Å²) in [5.74, 6) is -0.125. The van der Waals surface area contributed by atoms with Gasteiger partial charge in [-0.25, -0.2) is 9.79 Å². The Morgan fingerprint density at radius 3 is 2.29 bits per heavy atom. The molecule has 4 nitrogen and oxygen atoms in total. The number of hydrogen-bond donors (Lipinski definition) is 0. The first kappa shape index (κ1) is 15.7. The molecule has 2 aromatic carbocycles. The van der Waals surface area contributed by atoms with E-state index in [1.165, 1.54) is 0 Å². The van der Waals surface area contributed by atoms with E-state index in [9.17, 15) is 4.79 Å². The number of ether oxygens (including phenoxy) is 1. The lowest BCUT2D eigenvalue weighted by Crippen LogP contribution is -2.07. The van der Waals surface area contributed by atoms with Crippen molar-refractivity contribution < 1.29 is 9.53 Å². The number of benzene rings is 2. The zero-order chi connectivity index (χ0) is 16.9. The van der Waals surface area contributed by atoms with Crippen molar-refractivity contribution in [1.29, 1.82) is 0 Å². The average molecular weight is 318 g/mol. The van der Waals surface area contributed by atoms with E-state index < -0.39 is 5.97 Å². The highest BCUT2D eigenvalue weighted by atomic mass is 16.6. The highest BCUT2D eigenvalue weighted by Gasteiger charge is 2.20. The lowest BCUT2D eigenvalue weighted by Gasteiger charge is -2.11. The summed E-state index contributed by atoms with van der Waals surface area (Å²) in [5.41, 5.74) is 3.37. The van der Waals surface area contributed by atoms with E-state index >= 15 is 0 Å². The molecule has 0 aliphatic carbocycles. The molecule has 0 spiro atoms. The number of rotatable bonds is 4. The number of anilines is 1. The van der Waals surface area contributed by atoms with Crippen molar-refractivity contribution in [2.75, 3.05) is 19.0 Å². The van der Waals surface area contributed by atoms with Crippen LogP contribution in [0.15, 0.2) is 71.4 Å². The van der Waals surface area contributed by atoms with Crippen molar-refractivity contribution in [1.82, 2.24) is 0 Å². The Morgan fingerprint density at radius 2 is 1.62 bits per heavy atom. The third kappa shape index (κ3) is 3.79. The Hall–Kier alpha value is -3.14. The fourth-order valence-electron chi connectivity index (χ4n) is 2.26. The maximum Gasteiger partial charge on any atom is 0.363 e. The molecule has 0 atom stereocenters. The van der Waals surface area contributed by atoms with Crippen molar-refractivity contribution in [3.63, 3.8) is 0 Å². The van der Waals surface area contributed by atoms with Crippen LogP contribution in [0.25, 0.3) is 12.2 Å². The summed E-state index contributed by atoms with van der Waals surface area (Å²) < 4.78 is 5.18. The predicted octanol–water partition coefficient (Wildman–Crippen LogP) is 3.76. The van der Waals surface area contributed by atoms with E-state index in [0.29, 0.717) is 11.6 Å². The average Bonchev–Trinajstić information content (AvgIpc) is 2.94. The molecule has 1 aliphatic rings. The van der Waals surface area contributed by atoms with E-state index in [4.69, 9.17) is 4.74 Å². The number of carbonyl (C=O) groups is 1. The van der Waals surface area contributed by atoms with Crippen molar-refractivity contribution >= 4 is 29.7 Å². The van der Waals surface area contributed by atoms with Crippen LogP contribution in [0.2, 0.25) is 0 Å². The summed E-state index contributed by atoms with van der Waals surface area (Å²) in [6.45, 7) is 0. The van der Waals surface area contributed by atoms with Crippen LogP contribution >= 0.6 is 0 Å². The van der Waals surface area contributed by atoms with Gasteiger partial charge in [0.15, 0.2) is 5.70 Å². The molecule has 0 bridgehead atoms. The van der Waals surface area contributed by atoms with Gasteiger partial charge in [0.05, 0.1) is 0 Å². The maximum absolute atomic E-state index is 11.9. The van der Waals surface area contributed by atoms with Crippen molar-refractivity contribution in [2.24, 2.45) is 4.99 Å². The van der Waals surface area contributed by atoms with Gasteiger partial charge >= 0.3 is 5.97 Å². The van der Waals surface area contributed by atoms with Gasteiger partial charge in [0.25, 0.3) is 0 Å². The van der Waals surface area contributed by atoms with Crippen LogP contribution in [0.3, 0.4) is 0 Å². The Kier molecular flexibility index (Phi) is 4.57. The molecule has 0 fully saturated rings. The minimum absolute atomic E-state index is 0.305. The van der Waals surface area contributed by atoms with Gasteiger partial charge in [-0.3, -0.25) is 0 Å². The minimum atomic E-state index is -0.429. The fraction of sp³-hybridized carbons (Fsp3) is 0.100. The Labute approximate surface area is 141 Å². The first-order valence-electron chi connectivity index (χ1n) is 7.65. The van der Waals surface area contributed by atoms with Crippen LogP contribution in [0.4, 0.5) is 5.69 Å². The SMILES string of the molecule is CN(C)c1ccc(C=CC2=NC(=Cc3ccccc3)C(=O)O2)cc1. The molecular weight excluding hydrogens is 300 g/mol. The van der Waals surface area contributed by atoms with Gasteiger partial charge in [-0.1, -0.05) is 42.5 Å². The predicted molar refractivity (Wildman–Crippen MR) is 97.7 cm³/mol. The standard InChI is InChI=1S/C20H18N2O2/c1-22(2)17-11-8-15(9-12-17)10-13-19-21-18(20(23)24-19)14-16-6-4-3-5-7-16/h3-14H,1-2H3. The van der Waals surface area contributed by atoms with Gasteiger partial charge in [0, 0.05) is 25.9 Å². The van der Waals surface area contributed by atoms with Crippen LogP contribution in [0.5, 0.6) is 0 Å². The number of aliphatic imine (C=N–C) groups is 1.